The summed E-state index contributed by atoms with van der Waals surface area (Å²) in [5, 5.41) is 10.9. The molecular weight excluding hydrogens is 212 g/mol. The fourth-order valence-corrected chi connectivity index (χ4v) is 2.34. The first-order valence-corrected chi connectivity index (χ1v) is 6.13. The molecule has 1 aromatic rings. The highest BCUT2D eigenvalue weighted by Crippen LogP contribution is 2.34. The molecule has 0 aliphatic carbocycles. The van der Waals surface area contributed by atoms with Gasteiger partial charge in [0.05, 0.1) is 5.60 Å². The molecule has 0 heterocycles. The maximum atomic E-state index is 10.9. The molecule has 2 atom stereocenters. The van der Waals surface area contributed by atoms with E-state index < -0.39 is 5.60 Å². The van der Waals surface area contributed by atoms with E-state index in [-0.39, 0.29) is 5.92 Å². The van der Waals surface area contributed by atoms with E-state index in [0.29, 0.717) is 12.1 Å². The van der Waals surface area contributed by atoms with Crippen molar-refractivity contribution in [2.24, 2.45) is 5.92 Å². The molecule has 17 heavy (non-hydrogen) atoms. The van der Waals surface area contributed by atoms with Crippen LogP contribution < -0.4 is 5.73 Å². The van der Waals surface area contributed by atoms with Crippen molar-refractivity contribution in [1.29, 1.82) is 0 Å². The molecule has 0 bridgehead atoms. The van der Waals surface area contributed by atoms with E-state index in [0.717, 1.165) is 12.1 Å². The average molecular weight is 236 g/mol. The van der Waals surface area contributed by atoms with Crippen LogP contribution in [0.25, 0.3) is 0 Å². The van der Waals surface area contributed by atoms with Gasteiger partial charge in [-0.2, -0.15) is 0 Å². The van der Waals surface area contributed by atoms with Crippen LogP contribution in [0.2, 0.25) is 0 Å². The largest absolute Gasteiger partial charge is 0.399 e. The van der Waals surface area contributed by atoms with Crippen molar-refractivity contribution in [3.8, 4) is 0 Å². The second kappa shape index (κ2) is 5.52. The molecule has 0 saturated carbocycles. The van der Waals surface area contributed by atoms with Gasteiger partial charge in [-0.25, -0.2) is 0 Å². The Morgan fingerprint density at radius 1 is 1.41 bits per heavy atom. The van der Waals surface area contributed by atoms with Crippen LogP contribution in [-0.4, -0.2) is 30.6 Å². The van der Waals surface area contributed by atoms with E-state index in [1.54, 1.807) is 0 Å². The molecule has 1 aromatic carbocycles. The molecule has 2 unspecified atom stereocenters. The Bertz CT molecular complexity index is 365. The Kier molecular flexibility index (Phi) is 4.54. The lowest BCUT2D eigenvalue weighted by Crippen LogP contribution is -2.38. The Morgan fingerprint density at radius 3 is 2.53 bits per heavy atom. The second-order valence-corrected chi connectivity index (χ2v) is 5.07. The first-order chi connectivity index (χ1) is 7.90. The zero-order chi connectivity index (χ0) is 13.1. The van der Waals surface area contributed by atoms with Crippen molar-refractivity contribution in [3.63, 3.8) is 0 Å². The minimum Gasteiger partial charge on any atom is -0.399 e. The van der Waals surface area contributed by atoms with Gasteiger partial charge in [-0.15, -0.1) is 0 Å². The normalized spacial score (nSPS) is 16.8. The Morgan fingerprint density at radius 2 is 2.06 bits per heavy atom. The molecule has 0 aromatic heterocycles. The summed E-state index contributed by atoms with van der Waals surface area (Å²) in [4.78, 5) is 2.09. The van der Waals surface area contributed by atoms with E-state index in [9.17, 15) is 5.11 Å². The molecular formula is C14H24N2O. The van der Waals surface area contributed by atoms with Gasteiger partial charge in [-0.1, -0.05) is 26.0 Å². The highest BCUT2D eigenvalue weighted by atomic mass is 16.3. The third-order valence-electron chi connectivity index (χ3n) is 3.38. The molecule has 0 saturated heterocycles. The Labute approximate surface area is 104 Å². The standard InChI is InChI=1S/C14H24N2O/c1-5-14(17,11(2)10-16(3)4)12-7-6-8-13(15)9-12/h6-9,11,17H,5,10,15H2,1-4H3. The summed E-state index contributed by atoms with van der Waals surface area (Å²) in [6, 6.07) is 7.56. The summed E-state index contributed by atoms with van der Waals surface area (Å²) in [7, 11) is 4.04. The van der Waals surface area contributed by atoms with Crippen LogP contribution in [0.4, 0.5) is 5.69 Å². The first-order valence-electron chi connectivity index (χ1n) is 6.13. The van der Waals surface area contributed by atoms with Gasteiger partial charge >= 0.3 is 0 Å². The van der Waals surface area contributed by atoms with Crippen molar-refractivity contribution < 1.29 is 5.11 Å². The number of anilines is 1. The smallest absolute Gasteiger partial charge is 0.0932 e. The van der Waals surface area contributed by atoms with Gasteiger partial charge in [-0.05, 0) is 38.2 Å². The molecule has 0 spiro atoms. The SMILES string of the molecule is CCC(O)(c1cccc(N)c1)C(C)CN(C)C. The molecule has 3 N–H and O–H groups in total. The van der Waals surface area contributed by atoms with E-state index in [2.05, 4.69) is 11.8 Å². The molecule has 0 aliphatic heterocycles. The van der Waals surface area contributed by atoms with Gasteiger partial charge in [0.25, 0.3) is 0 Å². The second-order valence-electron chi connectivity index (χ2n) is 5.07. The topological polar surface area (TPSA) is 49.5 Å². The van der Waals surface area contributed by atoms with Gasteiger partial charge in [0, 0.05) is 18.2 Å². The predicted molar refractivity (Wildman–Crippen MR) is 72.8 cm³/mol. The lowest BCUT2D eigenvalue weighted by atomic mass is 9.80. The van der Waals surface area contributed by atoms with Crippen molar-refractivity contribution in [2.45, 2.75) is 25.9 Å². The Balaban J connectivity index is 3.02. The first kappa shape index (κ1) is 14.0. The van der Waals surface area contributed by atoms with Crippen molar-refractivity contribution >= 4 is 5.69 Å². The molecule has 96 valence electrons. The fraction of sp³-hybridized carbons (Fsp3) is 0.571. The molecule has 0 amide bonds. The van der Waals surface area contributed by atoms with Gasteiger partial charge in [-0.3, -0.25) is 0 Å². The van der Waals surface area contributed by atoms with Gasteiger partial charge in [0.2, 0.25) is 0 Å². The van der Waals surface area contributed by atoms with Crippen LogP contribution in [0.1, 0.15) is 25.8 Å². The van der Waals surface area contributed by atoms with Gasteiger partial charge in [0.15, 0.2) is 0 Å². The summed E-state index contributed by atoms with van der Waals surface area (Å²) in [5.74, 6) is 0.157. The third-order valence-corrected chi connectivity index (χ3v) is 3.38. The van der Waals surface area contributed by atoms with Crippen LogP contribution in [0.15, 0.2) is 24.3 Å². The summed E-state index contributed by atoms with van der Waals surface area (Å²) >= 11 is 0. The van der Waals surface area contributed by atoms with Crippen LogP contribution in [-0.2, 0) is 5.60 Å². The van der Waals surface area contributed by atoms with Gasteiger partial charge in [0.1, 0.15) is 0 Å². The van der Waals surface area contributed by atoms with Crippen LogP contribution in [0.5, 0.6) is 0 Å². The van der Waals surface area contributed by atoms with Crippen LogP contribution in [0, 0.1) is 5.92 Å². The summed E-state index contributed by atoms with van der Waals surface area (Å²) in [5.41, 5.74) is 6.60. The van der Waals surface area contributed by atoms with E-state index in [4.69, 9.17) is 5.73 Å². The Hall–Kier alpha value is -1.06. The molecule has 1 rings (SSSR count). The highest BCUT2D eigenvalue weighted by molar-refractivity contribution is 5.42. The van der Waals surface area contributed by atoms with E-state index >= 15 is 0 Å². The number of nitrogens with two attached hydrogens (primary N) is 1. The van der Waals surface area contributed by atoms with Crippen LogP contribution >= 0.6 is 0 Å². The number of nitrogens with zero attached hydrogens (tertiary/aromatic N) is 1. The lowest BCUT2D eigenvalue weighted by molar-refractivity contribution is -0.0291. The number of nitrogen functional groups attached to an aromatic ring is 1. The quantitative estimate of drug-likeness (QED) is 0.769. The number of hydrogen-bond donors (Lipinski definition) is 2. The summed E-state index contributed by atoms with van der Waals surface area (Å²) < 4.78 is 0. The summed E-state index contributed by atoms with van der Waals surface area (Å²) in [6.07, 6.45) is 0.686. The van der Waals surface area contributed by atoms with E-state index in [1.165, 1.54) is 0 Å². The molecule has 0 fully saturated rings. The predicted octanol–water partition coefficient (Wildman–Crippen LogP) is 2.06. The summed E-state index contributed by atoms with van der Waals surface area (Å²) in [6.45, 7) is 4.93. The van der Waals surface area contributed by atoms with E-state index in [1.807, 2.05) is 45.3 Å². The van der Waals surface area contributed by atoms with Crippen molar-refractivity contribution in [3.05, 3.63) is 29.8 Å². The maximum absolute atomic E-state index is 10.9. The highest BCUT2D eigenvalue weighted by Gasteiger charge is 2.34. The van der Waals surface area contributed by atoms with Crippen LogP contribution in [0.3, 0.4) is 0 Å². The zero-order valence-electron chi connectivity index (χ0n) is 11.3. The third kappa shape index (κ3) is 3.20. The average Bonchev–Trinajstić information content (AvgIpc) is 2.27. The number of benzene rings is 1. The monoisotopic (exact) mass is 236 g/mol. The number of rotatable bonds is 5. The van der Waals surface area contributed by atoms with Crippen molar-refractivity contribution in [2.75, 3.05) is 26.4 Å². The zero-order valence-corrected chi connectivity index (χ0v) is 11.3. The lowest BCUT2D eigenvalue weighted by Gasteiger charge is -2.35. The molecule has 0 radical (unpaired) electrons. The minimum atomic E-state index is -0.806. The van der Waals surface area contributed by atoms with Gasteiger partial charge < -0.3 is 15.7 Å². The minimum absolute atomic E-state index is 0.157. The molecule has 3 heteroatoms. The number of hydrogen-bond acceptors (Lipinski definition) is 3. The molecule has 3 nitrogen and oxygen atoms in total. The molecule has 0 aliphatic rings. The number of aliphatic hydroxyl groups is 1. The maximum Gasteiger partial charge on any atom is 0.0932 e. The van der Waals surface area contributed by atoms with Crippen molar-refractivity contribution in [1.82, 2.24) is 4.90 Å². The fourth-order valence-electron chi connectivity index (χ4n) is 2.34.